The fraction of sp³-hybridized carbons (Fsp3) is 0.385. The summed E-state index contributed by atoms with van der Waals surface area (Å²) in [5.41, 5.74) is 1.33. The number of imidazole rings is 1. The number of anilines is 1. The number of fused-ring (bicyclic) bond motifs is 1. The lowest BCUT2D eigenvalue weighted by Crippen LogP contribution is -2.39. The monoisotopic (exact) mass is 558 g/mol. The molecule has 0 radical (unpaired) electrons. The molecule has 1 aliphatic carbocycles. The minimum absolute atomic E-state index is 0.00473. The number of halogens is 3. The van der Waals surface area contributed by atoms with Crippen molar-refractivity contribution in [1.29, 1.82) is 0 Å². The van der Waals surface area contributed by atoms with Crippen molar-refractivity contribution in [2.24, 2.45) is 5.10 Å². The topological polar surface area (TPSA) is 101 Å². The lowest BCUT2D eigenvalue weighted by atomic mass is 9.90. The maximum absolute atomic E-state index is 14.9. The predicted octanol–water partition coefficient (Wildman–Crippen LogP) is 6.02. The van der Waals surface area contributed by atoms with Crippen LogP contribution >= 0.6 is 11.3 Å². The Bertz CT molecular complexity index is 1460. The van der Waals surface area contributed by atoms with Crippen molar-refractivity contribution in [2.45, 2.75) is 58.0 Å². The number of aromatic nitrogens is 5. The van der Waals surface area contributed by atoms with Gasteiger partial charge in [-0.3, -0.25) is 4.79 Å². The van der Waals surface area contributed by atoms with E-state index in [2.05, 4.69) is 37.1 Å². The first-order valence-electron chi connectivity index (χ1n) is 12.6. The van der Waals surface area contributed by atoms with Crippen molar-refractivity contribution >= 4 is 41.1 Å². The van der Waals surface area contributed by atoms with E-state index in [1.54, 1.807) is 31.4 Å². The number of rotatable bonds is 7. The molecule has 0 spiro atoms. The summed E-state index contributed by atoms with van der Waals surface area (Å²) in [5, 5.41) is 8.19. The van der Waals surface area contributed by atoms with E-state index in [-0.39, 0.29) is 22.0 Å². The Balaban J connectivity index is 0.00000172. The molecule has 4 aromatic rings. The summed E-state index contributed by atoms with van der Waals surface area (Å²) >= 11 is 0.680. The molecule has 1 saturated carbocycles. The van der Waals surface area contributed by atoms with Crippen molar-refractivity contribution < 1.29 is 18.0 Å². The van der Waals surface area contributed by atoms with E-state index in [1.807, 2.05) is 18.4 Å². The molecule has 39 heavy (non-hydrogen) atoms. The van der Waals surface area contributed by atoms with Crippen LogP contribution in [0.15, 0.2) is 41.8 Å². The van der Waals surface area contributed by atoms with Gasteiger partial charge in [0, 0.05) is 32.0 Å². The van der Waals surface area contributed by atoms with Gasteiger partial charge in [0.1, 0.15) is 17.2 Å². The summed E-state index contributed by atoms with van der Waals surface area (Å²) in [7, 11) is 1.66. The third kappa shape index (κ3) is 5.92. The second-order valence-electron chi connectivity index (χ2n) is 8.69. The molecule has 0 saturated heterocycles. The highest BCUT2D eigenvalue weighted by Crippen LogP contribution is 2.36. The first-order valence-corrected chi connectivity index (χ1v) is 13.4. The zero-order chi connectivity index (χ0) is 28.1. The normalized spacial score (nSPS) is 17.0. The lowest BCUT2D eigenvalue weighted by Gasteiger charge is -2.31. The molecular formula is C26H29F3N8OS. The number of benzene rings is 1. The van der Waals surface area contributed by atoms with Crippen LogP contribution in [-0.4, -0.2) is 50.2 Å². The molecular weight excluding hydrogens is 529 g/mol. The molecule has 0 bridgehead atoms. The van der Waals surface area contributed by atoms with E-state index in [9.17, 15) is 18.0 Å². The van der Waals surface area contributed by atoms with Crippen LogP contribution < -0.4 is 10.3 Å². The molecule has 1 N–H and O–H groups in total. The molecule has 3 aromatic heterocycles. The smallest absolute Gasteiger partial charge is 0.280 e. The second kappa shape index (κ2) is 12.3. The first-order chi connectivity index (χ1) is 18.9. The van der Waals surface area contributed by atoms with E-state index in [4.69, 9.17) is 0 Å². The number of amides is 1. The van der Waals surface area contributed by atoms with Gasteiger partial charge in [-0.1, -0.05) is 26.0 Å². The van der Waals surface area contributed by atoms with Gasteiger partial charge in [0.2, 0.25) is 5.95 Å². The minimum atomic E-state index is -2.67. The van der Waals surface area contributed by atoms with Gasteiger partial charge >= 0.3 is 0 Å². The molecule has 0 aliphatic heterocycles. The number of hydrazone groups is 1. The number of carbonyl (C=O) groups is 1. The minimum Gasteiger partial charge on any atom is -0.347 e. The summed E-state index contributed by atoms with van der Waals surface area (Å²) in [5.74, 6) is -0.192. The average Bonchev–Trinajstić information content (AvgIpc) is 3.60. The SMILES string of the molecule is C=NN(C)c1ncc2nc(-c3ccccc3F)n(C3CCCC(NC(=O)c4ncc(C(F)F)s4)C3)c2n1.CC. The third-order valence-electron chi connectivity index (χ3n) is 6.32. The Hall–Kier alpha value is -3.87. The van der Waals surface area contributed by atoms with Crippen LogP contribution in [0, 0.1) is 5.82 Å². The van der Waals surface area contributed by atoms with Crippen molar-refractivity contribution in [3.63, 3.8) is 0 Å². The Morgan fingerprint density at radius 2 is 1.97 bits per heavy atom. The van der Waals surface area contributed by atoms with E-state index >= 15 is 0 Å². The predicted molar refractivity (Wildman–Crippen MR) is 146 cm³/mol. The number of alkyl halides is 2. The van der Waals surface area contributed by atoms with Crippen molar-refractivity contribution in [2.75, 3.05) is 12.1 Å². The molecule has 5 rings (SSSR count). The van der Waals surface area contributed by atoms with Gasteiger partial charge in [-0.2, -0.15) is 10.1 Å². The fourth-order valence-corrected chi connectivity index (χ4v) is 5.22. The maximum atomic E-state index is 14.9. The third-order valence-corrected chi connectivity index (χ3v) is 7.32. The molecule has 13 heteroatoms. The molecule has 9 nitrogen and oxygen atoms in total. The summed E-state index contributed by atoms with van der Waals surface area (Å²) in [6, 6.07) is 5.96. The van der Waals surface area contributed by atoms with Gasteiger partial charge in [0.25, 0.3) is 12.3 Å². The van der Waals surface area contributed by atoms with Gasteiger partial charge in [-0.15, -0.1) is 11.3 Å². The summed E-state index contributed by atoms with van der Waals surface area (Å²) in [4.78, 5) is 29.9. The van der Waals surface area contributed by atoms with Gasteiger partial charge in [0.05, 0.1) is 16.6 Å². The van der Waals surface area contributed by atoms with Gasteiger partial charge in [-0.25, -0.2) is 33.1 Å². The molecule has 1 aliphatic rings. The summed E-state index contributed by atoms with van der Waals surface area (Å²) in [6.07, 6.45) is 2.66. The lowest BCUT2D eigenvalue weighted by molar-refractivity contribution is 0.0920. The number of carbonyl (C=O) groups excluding carboxylic acids is 1. The highest BCUT2D eigenvalue weighted by atomic mass is 32.1. The van der Waals surface area contributed by atoms with E-state index < -0.39 is 18.1 Å². The quantitative estimate of drug-likeness (QED) is 0.220. The van der Waals surface area contributed by atoms with Crippen LogP contribution in [0.5, 0.6) is 0 Å². The molecule has 3 heterocycles. The summed E-state index contributed by atoms with van der Waals surface area (Å²) in [6.45, 7) is 7.51. The Kier molecular flexibility index (Phi) is 8.90. The van der Waals surface area contributed by atoms with Crippen LogP contribution in [0.1, 0.15) is 66.7 Å². The Labute approximate surface area is 227 Å². The Morgan fingerprint density at radius 1 is 1.21 bits per heavy atom. The first kappa shape index (κ1) is 28.1. The van der Waals surface area contributed by atoms with Crippen LogP contribution in [0.3, 0.4) is 0 Å². The van der Waals surface area contributed by atoms with Crippen molar-refractivity contribution in [3.8, 4) is 11.4 Å². The van der Waals surface area contributed by atoms with Gasteiger partial charge in [0.15, 0.2) is 10.7 Å². The molecule has 206 valence electrons. The van der Waals surface area contributed by atoms with Crippen molar-refractivity contribution in [3.05, 3.63) is 52.4 Å². The van der Waals surface area contributed by atoms with Crippen LogP contribution in [0.2, 0.25) is 0 Å². The van der Waals surface area contributed by atoms with Crippen LogP contribution in [0.25, 0.3) is 22.6 Å². The van der Waals surface area contributed by atoms with Crippen LogP contribution in [0.4, 0.5) is 19.1 Å². The Morgan fingerprint density at radius 3 is 2.67 bits per heavy atom. The number of thiazole rings is 1. The van der Waals surface area contributed by atoms with Crippen LogP contribution in [-0.2, 0) is 0 Å². The highest BCUT2D eigenvalue weighted by molar-refractivity contribution is 7.13. The molecule has 2 atom stereocenters. The van der Waals surface area contributed by atoms with Gasteiger partial charge in [-0.05, 0) is 37.8 Å². The highest BCUT2D eigenvalue weighted by Gasteiger charge is 2.30. The summed E-state index contributed by atoms with van der Waals surface area (Å²) < 4.78 is 42.6. The number of nitrogens with zero attached hydrogens (tertiary/aromatic N) is 7. The van der Waals surface area contributed by atoms with E-state index in [0.717, 1.165) is 19.0 Å². The largest absolute Gasteiger partial charge is 0.347 e. The fourth-order valence-electron chi connectivity index (χ4n) is 4.55. The second-order valence-corrected chi connectivity index (χ2v) is 9.75. The number of hydrogen-bond donors (Lipinski definition) is 1. The van der Waals surface area contributed by atoms with Crippen molar-refractivity contribution in [1.82, 2.24) is 29.8 Å². The molecule has 2 unspecified atom stereocenters. The van der Waals surface area contributed by atoms with E-state index in [0.29, 0.717) is 52.7 Å². The molecule has 1 amide bonds. The zero-order valence-corrected chi connectivity index (χ0v) is 22.6. The average molecular weight is 559 g/mol. The van der Waals surface area contributed by atoms with Gasteiger partial charge < -0.3 is 9.88 Å². The zero-order valence-electron chi connectivity index (χ0n) is 21.8. The van der Waals surface area contributed by atoms with E-state index in [1.165, 1.54) is 11.1 Å². The number of hydrogen-bond acceptors (Lipinski definition) is 8. The maximum Gasteiger partial charge on any atom is 0.280 e. The standard InChI is InChI=1S/C24H23F3N8OS.C2H6/c1-28-34(2)24-30-11-17-21(33-24)35(20(32-17)15-8-3-4-9-16(15)25)14-7-5-6-13(10-14)31-22(36)23-29-12-18(37-23)19(26)27;1-2/h3-4,8-9,11-14,19H,1,5-7,10H2,2H3,(H,31,36);1-2H3. The molecule has 1 aromatic carbocycles. The number of nitrogens with one attached hydrogen (secondary N) is 1. The molecule has 1 fully saturated rings.